The SMILES string of the molecule is CC(C)(C)c1cc(CC(CCCCCCC(Cc2ccc(O)c(C(C)(C)C)c2)C(=O)O)C(=O)O)ccc1O. The fourth-order valence-electron chi connectivity index (χ4n) is 4.95. The number of benzene rings is 2. The van der Waals surface area contributed by atoms with Crippen molar-refractivity contribution in [3.63, 3.8) is 0 Å². The van der Waals surface area contributed by atoms with Crippen LogP contribution in [0.5, 0.6) is 11.5 Å². The Balaban J connectivity index is 1.86. The van der Waals surface area contributed by atoms with Gasteiger partial charge in [0.2, 0.25) is 0 Å². The molecule has 38 heavy (non-hydrogen) atoms. The fraction of sp³-hybridized carbons (Fsp3) is 0.562. The van der Waals surface area contributed by atoms with Gasteiger partial charge in [-0.1, -0.05) is 91.5 Å². The van der Waals surface area contributed by atoms with Crippen LogP contribution < -0.4 is 0 Å². The summed E-state index contributed by atoms with van der Waals surface area (Å²) in [5.41, 5.74) is 2.98. The Labute approximate surface area is 227 Å². The molecule has 0 aliphatic heterocycles. The summed E-state index contributed by atoms with van der Waals surface area (Å²) >= 11 is 0. The molecule has 0 amide bonds. The fourth-order valence-corrected chi connectivity index (χ4v) is 4.95. The Bertz CT molecular complexity index is 1000. The van der Waals surface area contributed by atoms with Crippen LogP contribution >= 0.6 is 0 Å². The van der Waals surface area contributed by atoms with Crippen molar-refractivity contribution in [3.8, 4) is 11.5 Å². The third kappa shape index (κ3) is 9.38. The van der Waals surface area contributed by atoms with Gasteiger partial charge in [-0.05, 0) is 70.9 Å². The van der Waals surface area contributed by atoms with E-state index in [0.717, 1.165) is 47.9 Å². The number of rotatable bonds is 13. The Kier molecular flexibility index (Phi) is 10.8. The third-order valence-electron chi connectivity index (χ3n) is 7.26. The lowest BCUT2D eigenvalue weighted by molar-refractivity contribution is -0.143. The monoisotopic (exact) mass is 526 g/mol. The summed E-state index contributed by atoms with van der Waals surface area (Å²) < 4.78 is 0. The molecule has 2 unspecified atom stereocenters. The molecule has 2 atom stereocenters. The topological polar surface area (TPSA) is 115 Å². The summed E-state index contributed by atoms with van der Waals surface area (Å²) in [5.74, 6) is -2.16. The Morgan fingerprint density at radius 1 is 0.632 bits per heavy atom. The molecule has 0 radical (unpaired) electrons. The van der Waals surface area contributed by atoms with Crippen LogP contribution in [0.3, 0.4) is 0 Å². The highest BCUT2D eigenvalue weighted by molar-refractivity contribution is 5.71. The molecule has 2 aromatic carbocycles. The van der Waals surface area contributed by atoms with Gasteiger partial charge in [0.1, 0.15) is 11.5 Å². The maximum Gasteiger partial charge on any atom is 0.306 e. The first-order valence-electron chi connectivity index (χ1n) is 13.7. The number of phenolic OH excluding ortho intramolecular Hbond substituents is 2. The molecule has 0 aromatic heterocycles. The third-order valence-corrected chi connectivity index (χ3v) is 7.26. The second-order valence-electron chi connectivity index (χ2n) is 12.7. The van der Waals surface area contributed by atoms with Crippen LogP contribution in [0.4, 0.5) is 0 Å². The van der Waals surface area contributed by atoms with Gasteiger partial charge < -0.3 is 20.4 Å². The summed E-state index contributed by atoms with van der Waals surface area (Å²) in [6.45, 7) is 12.1. The van der Waals surface area contributed by atoms with Crippen molar-refractivity contribution in [1.29, 1.82) is 0 Å². The van der Waals surface area contributed by atoms with E-state index in [0.29, 0.717) is 25.7 Å². The van der Waals surface area contributed by atoms with Gasteiger partial charge in [0.05, 0.1) is 11.8 Å². The highest BCUT2D eigenvalue weighted by atomic mass is 16.4. The maximum atomic E-state index is 11.9. The van der Waals surface area contributed by atoms with E-state index < -0.39 is 23.8 Å². The Morgan fingerprint density at radius 3 is 1.26 bits per heavy atom. The zero-order valence-electron chi connectivity index (χ0n) is 23.9. The molecule has 0 saturated carbocycles. The highest BCUT2D eigenvalue weighted by Gasteiger charge is 2.23. The van der Waals surface area contributed by atoms with Gasteiger partial charge in [-0.3, -0.25) is 9.59 Å². The van der Waals surface area contributed by atoms with E-state index in [1.54, 1.807) is 24.3 Å². The first-order chi connectivity index (χ1) is 17.6. The highest BCUT2D eigenvalue weighted by Crippen LogP contribution is 2.33. The van der Waals surface area contributed by atoms with Gasteiger partial charge in [-0.25, -0.2) is 0 Å². The van der Waals surface area contributed by atoms with E-state index in [-0.39, 0.29) is 22.3 Å². The number of aromatic hydroxyl groups is 2. The van der Waals surface area contributed by atoms with Crippen molar-refractivity contribution < 1.29 is 30.0 Å². The minimum absolute atomic E-state index is 0.229. The van der Waals surface area contributed by atoms with Crippen LogP contribution in [0.1, 0.15) is 102 Å². The summed E-state index contributed by atoms with van der Waals surface area (Å²) in [6, 6.07) is 10.7. The van der Waals surface area contributed by atoms with Crippen molar-refractivity contribution in [2.75, 3.05) is 0 Å². The summed E-state index contributed by atoms with van der Waals surface area (Å²) in [4.78, 5) is 23.8. The number of hydrogen-bond donors (Lipinski definition) is 4. The molecule has 2 aromatic rings. The van der Waals surface area contributed by atoms with Crippen molar-refractivity contribution in [1.82, 2.24) is 0 Å². The van der Waals surface area contributed by atoms with E-state index in [4.69, 9.17) is 0 Å². The van der Waals surface area contributed by atoms with E-state index in [2.05, 4.69) is 0 Å². The largest absolute Gasteiger partial charge is 0.508 e. The van der Waals surface area contributed by atoms with Gasteiger partial charge >= 0.3 is 11.9 Å². The van der Waals surface area contributed by atoms with Crippen molar-refractivity contribution in [2.45, 2.75) is 104 Å². The van der Waals surface area contributed by atoms with E-state index in [9.17, 15) is 30.0 Å². The number of aliphatic carboxylic acids is 2. The molecule has 6 nitrogen and oxygen atoms in total. The molecular weight excluding hydrogens is 480 g/mol. The van der Waals surface area contributed by atoms with Crippen LogP contribution in [0.15, 0.2) is 36.4 Å². The van der Waals surface area contributed by atoms with Gasteiger partial charge in [-0.15, -0.1) is 0 Å². The standard InChI is InChI=1S/C32H46O6/c1-31(2,3)25-19-21(13-15-27(25)33)17-23(29(35)36)11-9-7-8-10-12-24(30(37)38)18-22-14-16-28(34)26(20-22)32(4,5)6/h13-16,19-20,23-24,33-34H,7-12,17-18H2,1-6H3,(H,35,36)(H,37,38). The average Bonchev–Trinajstić information content (AvgIpc) is 2.80. The molecule has 0 aliphatic carbocycles. The molecule has 0 saturated heterocycles. The molecule has 6 heteroatoms. The van der Waals surface area contributed by atoms with Gasteiger partial charge in [0, 0.05) is 0 Å². The molecular formula is C32H46O6. The van der Waals surface area contributed by atoms with Crippen LogP contribution in [0.2, 0.25) is 0 Å². The van der Waals surface area contributed by atoms with Crippen molar-refractivity contribution in [3.05, 3.63) is 58.7 Å². The number of unbranched alkanes of at least 4 members (excludes halogenated alkanes) is 3. The van der Waals surface area contributed by atoms with Crippen LogP contribution in [-0.2, 0) is 33.3 Å². The van der Waals surface area contributed by atoms with Crippen molar-refractivity contribution >= 4 is 11.9 Å². The van der Waals surface area contributed by atoms with Gasteiger partial charge in [0.15, 0.2) is 0 Å². The molecule has 2 rings (SSSR count). The number of carboxylic acid groups (broad SMARTS) is 2. The van der Waals surface area contributed by atoms with Crippen molar-refractivity contribution in [2.24, 2.45) is 11.8 Å². The molecule has 0 bridgehead atoms. The second-order valence-corrected chi connectivity index (χ2v) is 12.7. The zero-order chi connectivity index (χ0) is 28.7. The molecule has 4 N–H and O–H groups in total. The Hall–Kier alpha value is -3.02. The smallest absolute Gasteiger partial charge is 0.306 e. The van der Waals surface area contributed by atoms with Gasteiger partial charge in [0.25, 0.3) is 0 Å². The lowest BCUT2D eigenvalue weighted by atomic mass is 9.83. The number of carbonyl (C=O) groups is 2. The zero-order valence-corrected chi connectivity index (χ0v) is 23.9. The number of hydrogen-bond acceptors (Lipinski definition) is 4. The minimum atomic E-state index is -0.815. The summed E-state index contributed by atoms with van der Waals surface area (Å²) in [6.07, 6.45) is 5.21. The van der Waals surface area contributed by atoms with Gasteiger partial charge in [-0.2, -0.15) is 0 Å². The quantitative estimate of drug-likeness (QED) is 0.205. The predicted octanol–water partition coefficient (Wildman–Crippen LogP) is 7.22. The molecule has 0 heterocycles. The predicted molar refractivity (Wildman–Crippen MR) is 151 cm³/mol. The maximum absolute atomic E-state index is 11.9. The van der Waals surface area contributed by atoms with E-state index in [1.807, 2.05) is 53.7 Å². The summed E-state index contributed by atoms with van der Waals surface area (Å²) in [7, 11) is 0. The van der Waals surface area contributed by atoms with Crippen LogP contribution in [0.25, 0.3) is 0 Å². The minimum Gasteiger partial charge on any atom is -0.508 e. The lowest BCUT2D eigenvalue weighted by Crippen LogP contribution is -2.18. The molecule has 0 spiro atoms. The van der Waals surface area contributed by atoms with E-state index in [1.165, 1.54) is 0 Å². The van der Waals surface area contributed by atoms with Crippen LogP contribution in [-0.4, -0.2) is 32.4 Å². The molecule has 210 valence electrons. The normalized spacial score (nSPS) is 13.7. The van der Waals surface area contributed by atoms with E-state index >= 15 is 0 Å². The van der Waals surface area contributed by atoms with Crippen LogP contribution in [0, 0.1) is 11.8 Å². The lowest BCUT2D eigenvalue weighted by Gasteiger charge is -2.22. The first kappa shape index (κ1) is 31.2. The average molecular weight is 527 g/mol. The summed E-state index contributed by atoms with van der Waals surface area (Å²) in [5, 5.41) is 39.9. The first-order valence-corrected chi connectivity index (χ1v) is 13.7. The molecule has 0 aliphatic rings. The second kappa shape index (κ2) is 13.2. The number of phenols is 2. The molecule has 0 fully saturated rings. The Morgan fingerprint density at radius 2 is 0.974 bits per heavy atom. The number of carboxylic acids is 2.